The van der Waals surface area contributed by atoms with Crippen LogP contribution in [0, 0.1) is 11.2 Å². The van der Waals surface area contributed by atoms with Gasteiger partial charge < -0.3 is 10.5 Å². The van der Waals surface area contributed by atoms with Gasteiger partial charge in [0.25, 0.3) is 0 Å². The van der Waals surface area contributed by atoms with Crippen LogP contribution >= 0.6 is 11.6 Å². The van der Waals surface area contributed by atoms with Gasteiger partial charge in [0, 0.05) is 11.1 Å². The number of nitrogens with two attached hydrogens (primary N) is 1. The molecule has 0 radical (unpaired) electrons. The van der Waals surface area contributed by atoms with Gasteiger partial charge in [-0.2, -0.15) is 0 Å². The second-order valence-corrected chi connectivity index (χ2v) is 7.18. The summed E-state index contributed by atoms with van der Waals surface area (Å²) in [6, 6.07) is 10.4. The van der Waals surface area contributed by atoms with Crippen LogP contribution in [0.2, 0.25) is 5.02 Å². The normalized spacial score (nSPS) is 15.2. The van der Waals surface area contributed by atoms with E-state index in [-0.39, 0.29) is 22.4 Å². The minimum absolute atomic E-state index is 0.0406. The monoisotopic (exact) mass is 402 g/mol. The Hall–Kier alpha value is -2.73. The van der Waals surface area contributed by atoms with Gasteiger partial charge in [-0.05, 0) is 37.8 Å². The van der Waals surface area contributed by atoms with Gasteiger partial charge in [0.05, 0.1) is 11.1 Å². The topological polar surface area (TPSA) is 93.2 Å². The Balaban J connectivity index is 1.96. The molecular weight excluding hydrogens is 383 g/mol. The largest absolute Gasteiger partial charge is 0.489 e. The summed E-state index contributed by atoms with van der Waals surface area (Å²) < 4.78 is 20.5. The summed E-state index contributed by atoms with van der Waals surface area (Å²) in [5.74, 6) is -4.21. The lowest BCUT2D eigenvalue weighted by molar-refractivity contribution is -0.125. The van der Waals surface area contributed by atoms with Crippen LogP contribution in [0.5, 0.6) is 5.75 Å². The van der Waals surface area contributed by atoms with E-state index in [4.69, 9.17) is 27.5 Å². The molecule has 1 unspecified atom stereocenters. The van der Waals surface area contributed by atoms with E-state index in [1.54, 1.807) is 30.3 Å². The lowest BCUT2D eigenvalue weighted by atomic mass is 9.88. The number of amides is 1. The molecule has 7 heteroatoms. The van der Waals surface area contributed by atoms with Crippen LogP contribution in [0.15, 0.2) is 42.5 Å². The number of nitrogens with one attached hydrogen (secondary N) is 1. The first kappa shape index (κ1) is 20.0. The van der Waals surface area contributed by atoms with Crippen LogP contribution in [0.1, 0.15) is 42.7 Å². The number of primary amides is 1. The summed E-state index contributed by atoms with van der Waals surface area (Å²) in [5, 5.41) is 8.18. The predicted molar refractivity (Wildman–Crippen MR) is 105 cm³/mol. The molecule has 1 aliphatic carbocycles. The van der Waals surface area contributed by atoms with Crippen molar-refractivity contribution >= 4 is 29.0 Å². The molecule has 1 amide bonds. The van der Waals surface area contributed by atoms with E-state index >= 15 is 0 Å². The minimum Gasteiger partial charge on any atom is -0.489 e. The van der Waals surface area contributed by atoms with E-state index in [2.05, 4.69) is 0 Å². The molecule has 0 saturated heterocycles. The Morgan fingerprint density at radius 2 is 1.82 bits per heavy atom. The van der Waals surface area contributed by atoms with Gasteiger partial charge in [-0.1, -0.05) is 41.9 Å². The van der Waals surface area contributed by atoms with Gasteiger partial charge >= 0.3 is 0 Å². The Morgan fingerprint density at radius 3 is 2.43 bits per heavy atom. The molecule has 0 aliphatic heterocycles. The average Bonchev–Trinajstić information content (AvgIpc) is 3.18. The van der Waals surface area contributed by atoms with Crippen molar-refractivity contribution in [2.45, 2.75) is 37.7 Å². The number of rotatable bonds is 7. The maximum atomic E-state index is 14.6. The van der Waals surface area contributed by atoms with Crippen LogP contribution in [0.3, 0.4) is 0 Å². The van der Waals surface area contributed by atoms with Crippen molar-refractivity contribution in [1.29, 1.82) is 5.41 Å². The van der Waals surface area contributed by atoms with Crippen LogP contribution in [-0.4, -0.2) is 23.5 Å². The molecule has 3 N–H and O–H groups in total. The molecule has 146 valence electrons. The summed E-state index contributed by atoms with van der Waals surface area (Å²) in [7, 11) is 0. The van der Waals surface area contributed by atoms with Gasteiger partial charge in [0.1, 0.15) is 23.2 Å². The van der Waals surface area contributed by atoms with Gasteiger partial charge in [-0.25, -0.2) is 4.39 Å². The van der Waals surface area contributed by atoms with E-state index in [0.29, 0.717) is 5.56 Å². The molecule has 0 heterocycles. The molecule has 2 aromatic carbocycles. The molecule has 1 atom stereocenters. The zero-order valence-corrected chi connectivity index (χ0v) is 15.8. The van der Waals surface area contributed by atoms with Crippen molar-refractivity contribution in [2.24, 2.45) is 5.73 Å². The maximum Gasteiger partial charge on any atom is 0.233 e. The van der Waals surface area contributed by atoms with Crippen molar-refractivity contribution < 1.29 is 18.7 Å². The first-order valence-corrected chi connectivity index (χ1v) is 9.39. The lowest BCUT2D eigenvalue weighted by Crippen LogP contribution is -2.33. The molecule has 28 heavy (non-hydrogen) atoms. The minimum atomic E-state index is -1.64. The van der Waals surface area contributed by atoms with Crippen molar-refractivity contribution in [1.82, 2.24) is 0 Å². The van der Waals surface area contributed by atoms with Crippen molar-refractivity contribution in [3.63, 3.8) is 0 Å². The smallest absolute Gasteiger partial charge is 0.233 e. The molecule has 0 bridgehead atoms. The number of Topliss-reactive ketones (excluding diaryl/α,β-unsaturated/α-hetero) is 1. The molecule has 1 fully saturated rings. The molecule has 2 aromatic rings. The summed E-state index contributed by atoms with van der Waals surface area (Å²) in [5.41, 5.74) is 5.06. The third-order valence-electron chi connectivity index (χ3n) is 4.81. The molecule has 1 saturated carbocycles. The van der Waals surface area contributed by atoms with Gasteiger partial charge in [0.2, 0.25) is 5.91 Å². The predicted octanol–water partition coefficient (Wildman–Crippen LogP) is 4.01. The van der Waals surface area contributed by atoms with E-state index in [1.807, 2.05) is 0 Å². The summed E-state index contributed by atoms with van der Waals surface area (Å²) in [4.78, 5) is 24.8. The summed E-state index contributed by atoms with van der Waals surface area (Å²) >= 11 is 6.09. The highest BCUT2D eigenvalue weighted by Crippen LogP contribution is 2.35. The zero-order chi connectivity index (χ0) is 20.3. The molecule has 1 aliphatic rings. The van der Waals surface area contributed by atoms with Gasteiger partial charge in [0.15, 0.2) is 5.78 Å². The van der Waals surface area contributed by atoms with Crippen molar-refractivity contribution in [3.05, 3.63) is 64.4 Å². The third-order valence-corrected chi connectivity index (χ3v) is 5.11. The highest BCUT2D eigenvalue weighted by molar-refractivity contribution is 6.49. The molecular formula is C21H20ClFN2O3. The van der Waals surface area contributed by atoms with Crippen LogP contribution in [-0.2, 0) is 9.59 Å². The number of hydrogen-bond donors (Lipinski definition) is 2. The van der Waals surface area contributed by atoms with Crippen molar-refractivity contribution in [3.8, 4) is 5.75 Å². The van der Waals surface area contributed by atoms with Gasteiger partial charge in [-0.15, -0.1) is 0 Å². The Kier molecular flexibility index (Phi) is 6.09. The molecule has 3 rings (SSSR count). The second-order valence-electron chi connectivity index (χ2n) is 6.77. The Morgan fingerprint density at radius 1 is 1.18 bits per heavy atom. The Bertz CT molecular complexity index is 911. The standard InChI is InChI=1S/C21H20ClFN2O3/c22-15-11-16(23)14(10-17(15)28-13-8-4-5-9-13)18(21(25)27)20(26)19(24)12-6-2-1-3-7-12/h1-3,6-7,10-11,13,18,24H,4-5,8-9H2,(H2,25,27). The van der Waals surface area contributed by atoms with E-state index in [9.17, 15) is 14.0 Å². The summed E-state index contributed by atoms with van der Waals surface area (Å²) in [6.07, 6.45) is 3.75. The first-order chi connectivity index (χ1) is 13.4. The fraction of sp³-hybridized carbons (Fsp3) is 0.286. The zero-order valence-electron chi connectivity index (χ0n) is 15.1. The Labute approximate surface area is 167 Å². The number of ketones is 1. The van der Waals surface area contributed by atoms with Crippen LogP contribution < -0.4 is 10.5 Å². The summed E-state index contributed by atoms with van der Waals surface area (Å²) in [6.45, 7) is 0. The van der Waals surface area contributed by atoms with Gasteiger partial charge in [-0.3, -0.25) is 15.0 Å². The third kappa shape index (κ3) is 4.22. The number of ether oxygens (including phenoxy) is 1. The molecule has 5 nitrogen and oxygen atoms in total. The quantitative estimate of drug-likeness (QED) is 0.541. The highest BCUT2D eigenvalue weighted by Gasteiger charge is 2.33. The maximum absolute atomic E-state index is 14.6. The lowest BCUT2D eigenvalue weighted by Gasteiger charge is -2.19. The second kappa shape index (κ2) is 8.52. The fourth-order valence-electron chi connectivity index (χ4n) is 3.36. The number of carbonyl (C=O) groups is 2. The van der Waals surface area contributed by atoms with Crippen LogP contribution in [0.4, 0.5) is 4.39 Å². The van der Waals surface area contributed by atoms with E-state index < -0.39 is 29.1 Å². The SMILES string of the molecule is N=C(C(=O)C(C(N)=O)c1cc(OC2CCCC2)c(Cl)cc1F)c1ccccc1. The number of hydrogen-bond acceptors (Lipinski definition) is 4. The van der Waals surface area contributed by atoms with Crippen LogP contribution in [0.25, 0.3) is 0 Å². The van der Waals surface area contributed by atoms with Crippen molar-refractivity contribution in [2.75, 3.05) is 0 Å². The van der Waals surface area contributed by atoms with E-state index in [0.717, 1.165) is 31.7 Å². The average molecular weight is 403 g/mol. The van der Waals surface area contributed by atoms with E-state index in [1.165, 1.54) is 6.07 Å². The first-order valence-electron chi connectivity index (χ1n) is 9.01. The number of carbonyl (C=O) groups excluding carboxylic acids is 2. The molecule has 0 spiro atoms. The number of halogens is 2. The highest BCUT2D eigenvalue weighted by atomic mass is 35.5. The molecule has 0 aromatic heterocycles. The number of benzene rings is 2. The fourth-order valence-corrected chi connectivity index (χ4v) is 3.55.